The number of fused-ring (bicyclic) bond motifs is 1. The fourth-order valence-corrected chi connectivity index (χ4v) is 2.38. The maximum atomic E-state index is 12.0. The molecule has 1 aromatic carbocycles. The van der Waals surface area contributed by atoms with E-state index in [0.29, 0.717) is 18.9 Å². The van der Waals surface area contributed by atoms with Crippen molar-refractivity contribution in [2.75, 3.05) is 13.7 Å². The number of methoxy groups -OCH3 is 1. The van der Waals surface area contributed by atoms with Crippen LogP contribution in [0.5, 0.6) is 5.75 Å². The van der Waals surface area contributed by atoms with Crippen molar-refractivity contribution >= 4 is 5.91 Å². The Balaban J connectivity index is 1.52. The number of para-hydroxylation sites is 1. The zero-order valence-corrected chi connectivity index (χ0v) is 11.8. The molecule has 2 aromatic rings. The third-order valence-electron chi connectivity index (χ3n) is 3.38. The van der Waals surface area contributed by atoms with Crippen molar-refractivity contribution in [1.82, 2.24) is 5.32 Å². The highest BCUT2D eigenvalue weighted by molar-refractivity contribution is 5.91. The third-order valence-corrected chi connectivity index (χ3v) is 3.38. The molecule has 1 amide bonds. The number of ether oxygens (including phenoxy) is 2. The summed E-state index contributed by atoms with van der Waals surface area (Å²) in [5.41, 5.74) is 1.18. The second kappa shape index (κ2) is 6.01. The number of amides is 1. The van der Waals surface area contributed by atoms with Gasteiger partial charge in [0, 0.05) is 13.5 Å². The summed E-state index contributed by atoms with van der Waals surface area (Å²) in [6.07, 6.45) is 0.781. The summed E-state index contributed by atoms with van der Waals surface area (Å²) in [7, 11) is 1.58. The lowest BCUT2D eigenvalue weighted by Crippen LogP contribution is -2.34. The summed E-state index contributed by atoms with van der Waals surface area (Å²) in [4.78, 5) is 12.0. The SMILES string of the molecule is COCc1ccc(C(=O)NCC2Cc3ccccc3O2)o1. The summed E-state index contributed by atoms with van der Waals surface area (Å²) >= 11 is 0. The second-order valence-corrected chi connectivity index (χ2v) is 4.96. The molecule has 0 fully saturated rings. The van der Waals surface area contributed by atoms with Gasteiger partial charge in [0.15, 0.2) is 5.76 Å². The fraction of sp³-hybridized carbons (Fsp3) is 0.312. The molecular formula is C16H17NO4. The number of carbonyl (C=O) groups excluding carboxylic acids is 1. The quantitative estimate of drug-likeness (QED) is 0.915. The maximum absolute atomic E-state index is 12.0. The number of benzene rings is 1. The highest BCUT2D eigenvalue weighted by atomic mass is 16.5. The number of carbonyl (C=O) groups is 1. The molecule has 0 bridgehead atoms. The summed E-state index contributed by atoms with van der Waals surface area (Å²) in [5.74, 6) is 1.58. The summed E-state index contributed by atoms with van der Waals surface area (Å²) in [6.45, 7) is 0.808. The molecule has 1 aliphatic heterocycles. The van der Waals surface area contributed by atoms with Gasteiger partial charge in [0.25, 0.3) is 5.91 Å². The van der Waals surface area contributed by atoms with Crippen LogP contribution in [-0.4, -0.2) is 25.7 Å². The molecule has 1 aliphatic rings. The van der Waals surface area contributed by atoms with E-state index in [2.05, 4.69) is 5.32 Å². The Hall–Kier alpha value is -2.27. The molecule has 110 valence electrons. The largest absolute Gasteiger partial charge is 0.488 e. The molecule has 2 heterocycles. The van der Waals surface area contributed by atoms with Crippen LogP contribution in [-0.2, 0) is 17.8 Å². The highest BCUT2D eigenvalue weighted by Crippen LogP contribution is 2.27. The fourth-order valence-electron chi connectivity index (χ4n) is 2.38. The summed E-state index contributed by atoms with van der Waals surface area (Å²) < 4.78 is 16.1. The molecule has 5 heteroatoms. The zero-order chi connectivity index (χ0) is 14.7. The minimum absolute atomic E-state index is 0.0280. The molecule has 0 saturated heterocycles. The number of nitrogens with one attached hydrogen (secondary N) is 1. The van der Waals surface area contributed by atoms with Crippen LogP contribution in [0.2, 0.25) is 0 Å². The lowest BCUT2D eigenvalue weighted by molar-refractivity contribution is 0.0897. The standard InChI is InChI=1S/C16H17NO4/c1-19-10-12-6-7-15(20-12)16(18)17-9-13-8-11-4-2-3-5-14(11)21-13/h2-7,13H,8-10H2,1H3,(H,17,18). The van der Waals surface area contributed by atoms with E-state index >= 15 is 0 Å². The molecular weight excluding hydrogens is 270 g/mol. The third kappa shape index (κ3) is 3.08. The van der Waals surface area contributed by atoms with Crippen LogP contribution in [0.15, 0.2) is 40.8 Å². The van der Waals surface area contributed by atoms with E-state index in [1.54, 1.807) is 19.2 Å². The molecule has 1 unspecified atom stereocenters. The zero-order valence-electron chi connectivity index (χ0n) is 11.8. The second-order valence-electron chi connectivity index (χ2n) is 4.96. The average molecular weight is 287 g/mol. The first-order valence-electron chi connectivity index (χ1n) is 6.86. The summed E-state index contributed by atoms with van der Waals surface area (Å²) in [6, 6.07) is 11.3. The smallest absolute Gasteiger partial charge is 0.287 e. The first-order chi connectivity index (χ1) is 10.3. The minimum Gasteiger partial charge on any atom is -0.488 e. The van der Waals surface area contributed by atoms with E-state index in [-0.39, 0.29) is 17.8 Å². The lowest BCUT2D eigenvalue weighted by Gasteiger charge is -2.11. The van der Waals surface area contributed by atoms with Crippen molar-refractivity contribution in [3.8, 4) is 5.75 Å². The van der Waals surface area contributed by atoms with E-state index in [0.717, 1.165) is 12.2 Å². The van der Waals surface area contributed by atoms with Gasteiger partial charge >= 0.3 is 0 Å². The van der Waals surface area contributed by atoms with Crippen molar-refractivity contribution in [2.45, 2.75) is 19.1 Å². The number of furan rings is 1. The van der Waals surface area contributed by atoms with Gasteiger partial charge < -0.3 is 19.2 Å². The van der Waals surface area contributed by atoms with Gasteiger partial charge in [-0.15, -0.1) is 0 Å². The minimum atomic E-state index is -0.239. The normalized spacial score (nSPS) is 16.3. The van der Waals surface area contributed by atoms with E-state index in [1.165, 1.54) is 5.56 Å². The van der Waals surface area contributed by atoms with Crippen molar-refractivity contribution in [3.63, 3.8) is 0 Å². The number of hydrogen-bond donors (Lipinski definition) is 1. The topological polar surface area (TPSA) is 60.7 Å². The Labute approximate surface area is 122 Å². The van der Waals surface area contributed by atoms with Gasteiger partial charge in [0.1, 0.15) is 24.2 Å². The first-order valence-corrected chi connectivity index (χ1v) is 6.86. The van der Waals surface area contributed by atoms with E-state index in [1.807, 2.05) is 24.3 Å². The van der Waals surface area contributed by atoms with Crippen LogP contribution in [0.1, 0.15) is 21.9 Å². The van der Waals surface area contributed by atoms with Crippen molar-refractivity contribution in [3.05, 3.63) is 53.5 Å². The Morgan fingerprint density at radius 3 is 3.00 bits per heavy atom. The predicted octanol–water partition coefficient (Wildman–Crippen LogP) is 2.16. The Morgan fingerprint density at radius 1 is 1.33 bits per heavy atom. The molecule has 0 aliphatic carbocycles. The van der Waals surface area contributed by atoms with Gasteiger partial charge in [-0.25, -0.2) is 0 Å². The molecule has 5 nitrogen and oxygen atoms in total. The van der Waals surface area contributed by atoms with Gasteiger partial charge in [-0.3, -0.25) is 4.79 Å². The van der Waals surface area contributed by atoms with Gasteiger partial charge in [-0.1, -0.05) is 18.2 Å². The molecule has 1 aromatic heterocycles. The van der Waals surface area contributed by atoms with Crippen molar-refractivity contribution in [2.24, 2.45) is 0 Å². The monoisotopic (exact) mass is 287 g/mol. The van der Waals surface area contributed by atoms with Crippen LogP contribution in [0, 0.1) is 0 Å². The van der Waals surface area contributed by atoms with Crippen LogP contribution in [0.4, 0.5) is 0 Å². The van der Waals surface area contributed by atoms with Gasteiger partial charge in [0.05, 0.1) is 6.54 Å². The van der Waals surface area contributed by atoms with Gasteiger partial charge in [0.2, 0.25) is 0 Å². The van der Waals surface area contributed by atoms with Crippen LogP contribution in [0.25, 0.3) is 0 Å². The maximum Gasteiger partial charge on any atom is 0.287 e. The van der Waals surface area contributed by atoms with Crippen LogP contribution >= 0.6 is 0 Å². The number of rotatable bonds is 5. The van der Waals surface area contributed by atoms with Crippen LogP contribution in [0.3, 0.4) is 0 Å². The molecule has 1 N–H and O–H groups in total. The summed E-state index contributed by atoms with van der Waals surface area (Å²) in [5, 5.41) is 2.83. The Morgan fingerprint density at radius 2 is 2.19 bits per heavy atom. The molecule has 21 heavy (non-hydrogen) atoms. The highest BCUT2D eigenvalue weighted by Gasteiger charge is 2.23. The number of hydrogen-bond acceptors (Lipinski definition) is 4. The van der Waals surface area contributed by atoms with Gasteiger partial charge in [-0.2, -0.15) is 0 Å². The first kappa shape index (κ1) is 13.7. The van der Waals surface area contributed by atoms with Gasteiger partial charge in [-0.05, 0) is 23.8 Å². The molecule has 1 atom stereocenters. The van der Waals surface area contributed by atoms with Crippen molar-refractivity contribution in [1.29, 1.82) is 0 Å². The molecule has 3 rings (SSSR count). The molecule has 0 spiro atoms. The lowest BCUT2D eigenvalue weighted by atomic mass is 10.1. The molecule has 0 radical (unpaired) electrons. The Kier molecular flexibility index (Phi) is 3.92. The average Bonchev–Trinajstić information content (AvgIpc) is 3.11. The van der Waals surface area contributed by atoms with Crippen LogP contribution < -0.4 is 10.1 Å². The Bertz CT molecular complexity index is 610. The van der Waals surface area contributed by atoms with E-state index in [9.17, 15) is 4.79 Å². The van der Waals surface area contributed by atoms with E-state index in [4.69, 9.17) is 13.9 Å². The van der Waals surface area contributed by atoms with Crippen molar-refractivity contribution < 1.29 is 18.7 Å². The molecule has 0 saturated carbocycles. The predicted molar refractivity (Wildman–Crippen MR) is 76.3 cm³/mol. The van der Waals surface area contributed by atoms with E-state index < -0.39 is 0 Å².